The maximum absolute atomic E-state index is 13.4. The van der Waals surface area contributed by atoms with Crippen LogP contribution < -0.4 is 4.74 Å². The van der Waals surface area contributed by atoms with Gasteiger partial charge < -0.3 is 9.15 Å². The molecule has 0 saturated carbocycles. The molecule has 4 heteroatoms. The normalized spacial score (nSPS) is 18.8. The Hall–Kier alpha value is -1.84. The number of ether oxygens (including phenoxy) is 1. The summed E-state index contributed by atoms with van der Waals surface area (Å²) in [5.41, 5.74) is 1.02. The molecule has 2 aromatic rings. The first kappa shape index (κ1) is 10.3. The first-order valence-electron chi connectivity index (χ1n) is 5.68. The second kappa shape index (κ2) is 4.20. The highest BCUT2D eigenvalue weighted by Gasteiger charge is 2.25. The zero-order valence-electron chi connectivity index (χ0n) is 9.23. The SMILES string of the molecule is Fc1cccnc1OC1CCCc2occc21. The van der Waals surface area contributed by atoms with Crippen LogP contribution in [0.3, 0.4) is 0 Å². The van der Waals surface area contributed by atoms with Gasteiger partial charge in [-0.25, -0.2) is 9.37 Å². The average Bonchev–Trinajstić information content (AvgIpc) is 2.81. The quantitative estimate of drug-likeness (QED) is 0.798. The van der Waals surface area contributed by atoms with Gasteiger partial charge in [0.1, 0.15) is 11.9 Å². The molecule has 2 aromatic heterocycles. The summed E-state index contributed by atoms with van der Waals surface area (Å²) in [6.45, 7) is 0. The Morgan fingerprint density at radius 2 is 2.35 bits per heavy atom. The molecule has 88 valence electrons. The number of rotatable bonds is 2. The number of nitrogens with zero attached hydrogens (tertiary/aromatic N) is 1. The van der Waals surface area contributed by atoms with Crippen LogP contribution in [0.1, 0.15) is 30.3 Å². The lowest BCUT2D eigenvalue weighted by Crippen LogP contribution is -2.14. The van der Waals surface area contributed by atoms with Gasteiger partial charge in [-0.2, -0.15) is 0 Å². The lowest BCUT2D eigenvalue weighted by molar-refractivity contribution is 0.163. The second-order valence-electron chi connectivity index (χ2n) is 4.09. The molecule has 0 spiro atoms. The molecule has 0 saturated heterocycles. The van der Waals surface area contributed by atoms with Crippen LogP contribution in [-0.4, -0.2) is 4.98 Å². The fraction of sp³-hybridized carbons (Fsp3) is 0.308. The Bertz CT molecular complexity index is 524. The Labute approximate surface area is 98.2 Å². The topological polar surface area (TPSA) is 35.3 Å². The predicted octanol–water partition coefficient (Wildman–Crippen LogP) is 3.27. The van der Waals surface area contributed by atoms with E-state index in [2.05, 4.69) is 4.98 Å². The van der Waals surface area contributed by atoms with E-state index < -0.39 is 5.82 Å². The van der Waals surface area contributed by atoms with Crippen molar-refractivity contribution in [2.75, 3.05) is 0 Å². The van der Waals surface area contributed by atoms with Crippen LogP contribution in [0.15, 0.2) is 35.1 Å². The Balaban J connectivity index is 1.86. The molecule has 0 aliphatic heterocycles. The van der Waals surface area contributed by atoms with E-state index in [-0.39, 0.29) is 12.0 Å². The predicted molar refractivity (Wildman–Crippen MR) is 59.2 cm³/mol. The van der Waals surface area contributed by atoms with Gasteiger partial charge in [0.25, 0.3) is 5.88 Å². The van der Waals surface area contributed by atoms with Gasteiger partial charge in [-0.1, -0.05) is 0 Å². The maximum atomic E-state index is 13.4. The second-order valence-corrected chi connectivity index (χ2v) is 4.09. The molecule has 17 heavy (non-hydrogen) atoms. The number of aromatic nitrogens is 1. The summed E-state index contributed by atoms with van der Waals surface area (Å²) in [4.78, 5) is 3.90. The highest BCUT2D eigenvalue weighted by atomic mass is 19.1. The van der Waals surface area contributed by atoms with Crippen molar-refractivity contribution >= 4 is 0 Å². The summed E-state index contributed by atoms with van der Waals surface area (Å²) in [5, 5.41) is 0. The van der Waals surface area contributed by atoms with E-state index in [1.165, 1.54) is 12.3 Å². The van der Waals surface area contributed by atoms with E-state index in [1.807, 2.05) is 6.07 Å². The van der Waals surface area contributed by atoms with Crippen molar-refractivity contribution < 1.29 is 13.5 Å². The van der Waals surface area contributed by atoms with E-state index in [1.54, 1.807) is 12.3 Å². The van der Waals surface area contributed by atoms with Crippen LogP contribution >= 0.6 is 0 Å². The lowest BCUT2D eigenvalue weighted by Gasteiger charge is -2.22. The van der Waals surface area contributed by atoms with E-state index >= 15 is 0 Å². The fourth-order valence-electron chi connectivity index (χ4n) is 2.16. The maximum Gasteiger partial charge on any atom is 0.250 e. The number of furan rings is 1. The van der Waals surface area contributed by atoms with Crippen molar-refractivity contribution in [3.8, 4) is 5.88 Å². The monoisotopic (exact) mass is 233 g/mol. The summed E-state index contributed by atoms with van der Waals surface area (Å²) < 4.78 is 24.4. The fourth-order valence-corrected chi connectivity index (χ4v) is 2.16. The number of hydrogen-bond donors (Lipinski definition) is 0. The largest absolute Gasteiger partial charge is 0.469 e. The summed E-state index contributed by atoms with van der Waals surface area (Å²) in [5.74, 6) is 0.576. The van der Waals surface area contributed by atoms with Gasteiger partial charge in [0, 0.05) is 18.2 Å². The average molecular weight is 233 g/mol. The van der Waals surface area contributed by atoms with Gasteiger partial charge in [0.05, 0.1) is 6.26 Å². The van der Waals surface area contributed by atoms with Gasteiger partial charge in [0.15, 0.2) is 5.82 Å². The van der Waals surface area contributed by atoms with E-state index in [9.17, 15) is 4.39 Å². The summed E-state index contributed by atoms with van der Waals surface area (Å²) in [7, 11) is 0. The Kier molecular flexibility index (Phi) is 2.55. The number of aryl methyl sites for hydroxylation is 1. The lowest BCUT2D eigenvalue weighted by atomic mass is 9.96. The van der Waals surface area contributed by atoms with Crippen molar-refractivity contribution in [1.82, 2.24) is 4.98 Å². The van der Waals surface area contributed by atoms with Crippen molar-refractivity contribution in [2.45, 2.75) is 25.4 Å². The van der Waals surface area contributed by atoms with Crippen molar-refractivity contribution in [3.05, 3.63) is 47.8 Å². The first-order valence-corrected chi connectivity index (χ1v) is 5.68. The minimum Gasteiger partial charge on any atom is -0.469 e. The van der Waals surface area contributed by atoms with Crippen LogP contribution in [0.4, 0.5) is 4.39 Å². The van der Waals surface area contributed by atoms with Crippen LogP contribution in [0, 0.1) is 5.82 Å². The third-order valence-corrected chi connectivity index (χ3v) is 2.98. The molecule has 1 atom stereocenters. The summed E-state index contributed by atoms with van der Waals surface area (Å²) in [6.07, 6.45) is 5.80. The van der Waals surface area contributed by atoms with Gasteiger partial charge in [0.2, 0.25) is 0 Å². The first-order chi connectivity index (χ1) is 8.34. The zero-order chi connectivity index (χ0) is 11.7. The Morgan fingerprint density at radius 1 is 1.41 bits per heavy atom. The van der Waals surface area contributed by atoms with Crippen LogP contribution in [-0.2, 0) is 6.42 Å². The smallest absolute Gasteiger partial charge is 0.250 e. The van der Waals surface area contributed by atoms with Crippen molar-refractivity contribution in [1.29, 1.82) is 0 Å². The third-order valence-electron chi connectivity index (χ3n) is 2.98. The highest BCUT2D eigenvalue weighted by Crippen LogP contribution is 2.34. The standard InChI is InChI=1S/C13H12FNO2/c14-10-3-2-7-15-13(10)17-12-5-1-4-11-9(12)6-8-16-11/h2-3,6-8,12H,1,4-5H2. The van der Waals surface area contributed by atoms with Gasteiger partial charge in [-0.15, -0.1) is 0 Å². The molecule has 0 N–H and O–H groups in total. The molecular weight excluding hydrogens is 221 g/mol. The molecule has 1 aliphatic carbocycles. The van der Waals surface area contributed by atoms with E-state index in [0.29, 0.717) is 0 Å². The number of pyridine rings is 1. The molecule has 1 aliphatic rings. The molecular formula is C13H12FNO2. The van der Waals surface area contributed by atoms with Gasteiger partial charge >= 0.3 is 0 Å². The van der Waals surface area contributed by atoms with E-state index in [0.717, 1.165) is 30.6 Å². The van der Waals surface area contributed by atoms with Crippen LogP contribution in [0.5, 0.6) is 5.88 Å². The van der Waals surface area contributed by atoms with E-state index in [4.69, 9.17) is 9.15 Å². The molecule has 2 heterocycles. The summed E-state index contributed by atoms with van der Waals surface area (Å²) in [6, 6.07) is 4.79. The minimum atomic E-state index is -0.428. The van der Waals surface area contributed by atoms with Crippen molar-refractivity contribution in [2.24, 2.45) is 0 Å². The number of fused-ring (bicyclic) bond motifs is 1. The van der Waals surface area contributed by atoms with Crippen LogP contribution in [0.25, 0.3) is 0 Å². The molecule has 3 nitrogen and oxygen atoms in total. The number of hydrogen-bond acceptors (Lipinski definition) is 3. The molecule has 1 unspecified atom stereocenters. The minimum absolute atomic E-state index is 0.0616. The molecule has 0 amide bonds. The van der Waals surface area contributed by atoms with Crippen LogP contribution in [0.2, 0.25) is 0 Å². The van der Waals surface area contributed by atoms with Gasteiger partial charge in [-0.05, 0) is 31.0 Å². The Morgan fingerprint density at radius 3 is 3.24 bits per heavy atom. The molecule has 0 aromatic carbocycles. The third kappa shape index (κ3) is 1.90. The molecule has 0 radical (unpaired) electrons. The number of halogens is 1. The van der Waals surface area contributed by atoms with Crippen molar-refractivity contribution in [3.63, 3.8) is 0 Å². The molecule has 3 rings (SSSR count). The zero-order valence-corrected chi connectivity index (χ0v) is 9.23. The molecule has 0 fully saturated rings. The van der Waals surface area contributed by atoms with Gasteiger partial charge in [-0.3, -0.25) is 0 Å². The molecule has 0 bridgehead atoms. The highest BCUT2D eigenvalue weighted by molar-refractivity contribution is 5.24. The summed E-state index contributed by atoms with van der Waals surface area (Å²) >= 11 is 0.